The molecule has 0 atom stereocenters. The van der Waals surface area contributed by atoms with E-state index in [1.807, 2.05) is 23.6 Å². The fourth-order valence-electron chi connectivity index (χ4n) is 3.03. The second kappa shape index (κ2) is 7.68. The van der Waals surface area contributed by atoms with Crippen LogP contribution in [0.15, 0.2) is 30.6 Å². The molecule has 26 heavy (non-hydrogen) atoms. The minimum atomic E-state index is -0.443. The summed E-state index contributed by atoms with van der Waals surface area (Å²) >= 11 is 0. The summed E-state index contributed by atoms with van der Waals surface area (Å²) in [6.45, 7) is 6.01. The molecule has 7 heteroatoms. The molecular formula is C19H23FN4O2. The van der Waals surface area contributed by atoms with Crippen molar-refractivity contribution in [1.29, 1.82) is 0 Å². The predicted molar refractivity (Wildman–Crippen MR) is 97.6 cm³/mol. The number of ether oxygens (including phenoxy) is 1. The van der Waals surface area contributed by atoms with Gasteiger partial charge in [-0.15, -0.1) is 0 Å². The average molecular weight is 358 g/mol. The number of benzene rings is 1. The monoisotopic (exact) mass is 358 g/mol. The fraction of sp³-hybridized carbons (Fsp3) is 0.421. The third-order valence-corrected chi connectivity index (χ3v) is 4.52. The summed E-state index contributed by atoms with van der Waals surface area (Å²) in [7, 11) is 1.59. The van der Waals surface area contributed by atoms with Gasteiger partial charge in [-0.2, -0.15) is 0 Å². The summed E-state index contributed by atoms with van der Waals surface area (Å²) in [5.41, 5.74) is 0.930. The van der Waals surface area contributed by atoms with Crippen molar-refractivity contribution in [2.45, 2.75) is 13.8 Å². The molecule has 1 aromatic heterocycles. The first-order valence-electron chi connectivity index (χ1n) is 8.70. The molecule has 138 valence electrons. The van der Waals surface area contributed by atoms with Crippen molar-refractivity contribution in [2.75, 3.05) is 38.2 Å². The van der Waals surface area contributed by atoms with Crippen molar-refractivity contribution in [2.24, 2.45) is 5.92 Å². The highest BCUT2D eigenvalue weighted by molar-refractivity contribution is 5.78. The Morgan fingerprint density at radius 2 is 1.77 bits per heavy atom. The molecule has 0 aliphatic carbocycles. The SMILES string of the molecule is COc1ccc(-c2ncnc(N3CCN(C(=O)C(C)C)CC3)c2F)cc1. The number of rotatable bonds is 4. The minimum absolute atomic E-state index is 0.0287. The maximum Gasteiger partial charge on any atom is 0.225 e. The lowest BCUT2D eigenvalue weighted by Crippen LogP contribution is -2.50. The molecule has 3 rings (SSSR count). The summed E-state index contributed by atoms with van der Waals surface area (Å²) in [4.78, 5) is 24.0. The third kappa shape index (κ3) is 3.61. The molecule has 2 heterocycles. The van der Waals surface area contributed by atoms with Crippen LogP contribution >= 0.6 is 0 Å². The number of amides is 1. The van der Waals surface area contributed by atoms with Crippen LogP contribution in [0.4, 0.5) is 10.2 Å². The van der Waals surface area contributed by atoms with Crippen LogP contribution < -0.4 is 9.64 Å². The lowest BCUT2D eigenvalue weighted by Gasteiger charge is -2.36. The standard InChI is InChI=1S/C19H23FN4O2/c1-13(2)19(25)24-10-8-23(9-11-24)18-16(20)17(21-12-22-18)14-4-6-15(26-3)7-5-14/h4-7,12-13H,8-11H2,1-3H3. The summed E-state index contributed by atoms with van der Waals surface area (Å²) in [5.74, 6) is 0.642. The molecule has 1 aromatic carbocycles. The zero-order valence-corrected chi connectivity index (χ0v) is 15.3. The number of anilines is 1. The van der Waals surface area contributed by atoms with Gasteiger partial charge in [-0.05, 0) is 24.3 Å². The van der Waals surface area contributed by atoms with E-state index < -0.39 is 5.82 Å². The Bertz CT molecular complexity index is 772. The topological polar surface area (TPSA) is 58.6 Å². The number of methoxy groups -OCH3 is 1. The quantitative estimate of drug-likeness (QED) is 0.841. The second-order valence-corrected chi connectivity index (χ2v) is 6.56. The molecule has 0 radical (unpaired) electrons. The van der Waals surface area contributed by atoms with E-state index in [4.69, 9.17) is 4.74 Å². The number of piperazine rings is 1. The van der Waals surface area contributed by atoms with Crippen LogP contribution in [0.5, 0.6) is 5.75 Å². The molecule has 1 amide bonds. The van der Waals surface area contributed by atoms with Gasteiger partial charge < -0.3 is 14.5 Å². The summed E-state index contributed by atoms with van der Waals surface area (Å²) in [6.07, 6.45) is 1.38. The van der Waals surface area contributed by atoms with Gasteiger partial charge in [0.05, 0.1) is 7.11 Å². The normalized spacial score (nSPS) is 14.7. The fourth-order valence-corrected chi connectivity index (χ4v) is 3.03. The first kappa shape index (κ1) is 18.1. The van der Waals surface area contributed by atoms with Crippen LogP contribution in [0.2, 0.25) is 0 Å². The number of aromatic nitrogens is 2. The van der Waals surface area contributed by atoms with Gasteiger partial charge in [-0.3, -0.25) is 4.79 Å². The zero-order chi connectivity index (χ0) is 18.7. The molecule has 0 spiro atoms. The van der Waals surface area contributed by atoms with E-state index >= 15 is 4.39 Å². The van der Waals surface area contributed by atoms with E-state index in [-0.39, 0.29) is 23.3 Å². The number of halogens is 1. The maximum absolute atomic E-state index is 15.0. The van der Waals surface area contributed by atoms with E-state index in [2.05, 4.69) is 9.97 Å². The first-order valence-corrected chi connectivity index (χ1v) is 8.70. The van der Waals surface area contributed by atoms with E-state index in [1.165, 1.54) is 6.33 Å². The number of hydrogen-bond acceptors (Lipinski definition) is 5. The molecule has 2 aromatic rings. The average Bonchev–Trinajstić information content (AvgIpc) is 2.68. The van der Waals surface area contributed by atoms with E-state index in [9.17, 15) is 4.79 Å². The lowest BCUT2D eigenvalue weighted by molar-refractivity contribution is -0.134. The van der Waals surface area contributed by atoms with Crippen molar-refractivity contribution < 1.29 is 13.9 Å². The van der Waals surface area contributed by atoms with Gasteiger partial charge >= 0.3 is 0 Å². The van der Waals surface area contributed by atoms with Crippen LogP contribution in [0, 0.1) is 11.7 Å². The highest BCUT2D eigenvalue weighted by Gasteiger charge is 2.26. The van der Waals surface area contributed by atoms with Crippen LogP contribution in [0.1, 0.15) is 13.8 Å². The van der Waals surface area contributed by atoms with Gasteiger partial charge in [0.25, 0.3) is 0 Å². The highest BCUT2D eigenvalue weighted by atomic mass is 19.1. The second-order valence-electron chi connectivity index (χ2n) is 6.56. The molecule has 0 saturated carbocycles. The number of carbonyl (C=O) groups is 1. The Labute approximate surface area is 152 Å². The Balaban J connectivity index is 1.78. The Morgan fingerprint density at radius 1 is 1.12 bits per heavy atom. The summed E-state index contributed by atoms with van der Waals surface area (Å²) < 4.78 is 20.2. The largest absolute Gasteiger partial charge is 0.497 e. The first-order chi connectivity index (χ1) is 12.5. The summed E-state index contributed by atoms with van der Waals surface area (Å²) in [5, 5.41) is 0. The lowest BCUT2D eigenvalue weighted by atomic mass is 10.1. The van der Waals surface area contributed by atoms with E-state index in [1.54, 1.807) is 31.4 Å². The van der Waals surface area contributed by atoms with Crippen LogP contribution in [0.3, 0.4) is 0 Å². The molecule has 1 aliphatic rings. The van der Waals surface area contributed by atoms with Crippen molar-refractivity contribution in [1.82, 2.24) is 14.9 Å². The van der Waals surface area contributed by atoms with E-state index in [0.717, 1.165) is 0 Å². The van der Waals surface area contributed by atoms with Gasteiger partial charge in [-0.25, -0.2) is 14.4 Å². The van der Waals surface area contributed by atoms with Crippen molar-refractivity contribution >= 4 is 11.7 Å². The zero-order valence-electron chi connectivity index (χ0n) is 15.3. The Hall–Kier alpha value is -2.70. The molecule has 1 saturated heterocycles. The maximum atomic E-state index is 15.0. The number of carbonyl (C=O) groups excluding carboxylic acids is 1. The smallest absolute Gasteiger partial charge is 0.225 e. The van der Waals surface area contributed by atoms with Gasteiger partial charge in [0, 0.05) is 37.7 Å². The third-order valence-electron chi connectivity index (χ3n) is 4.52. The van der Waals surface area contributed by atoms with Gasteiger partial charge in [-0.1, -0.05) is 13.8 Å². The molecule has 1 fully saturated rings. The molecule has 6 nitrogen and oxygen atoms in total. The molecule has 1 aliphatic heterocycles. The number of hydrogen-bond donors (Lipinski definition) is 0. The molecule has 0 bridgehead atoms. The van der Waals surface area contributed by atoms with Gasteiger partial charge in [0.2, 0.25) is 5.91 Å². The van der Waals surface area contributed by atoms with Crippen molar-refractivity contribution in [3.05, 3.63) is 36.4 Å². The van der Waals surface area contributed by atoms with Crippen LogP contribution in [-0.2, 0) is 4.79 Å². The van der Waals surface area contributed by atoms with Gasteiger partial charge in [0.1, 0.15) is 17.8 Å². The van der Waals surface area contributed by atoms with Gasteiger partial charge in [0.15, 0.2) is 11.6 Å². The minimum Gasteiger partial charge on any atom is -0.497 e. The Morgan fingerprint density at radius 3 is 2.35 bits per heavy atom. The van der Waals surface area contributed by atoms with Crippen molar-refractivity contribution in [3.63, 3.8) is 0 Å². The predicted octanol–water partition coefficient (Wildman–Crippen LogP) is 2.60. The molecule has 0 N–H and O–H groups in total. The highest BCUT2D eigenvalue weighted by Crippen LogP contribution is 2.28. The summed E-state index contributed by atoms with van der Waals surface area (Å²) in [6, 6.07) is 7.08. The van der Waals surface area contributed by atoms with Crippen LogP contribution in [-0.4, -0.2) is 54.1 Å². The van der Waals surface area contributed by atoms with Crippen molar-refractivity contribution in [3.8, 4) is 17.0 Å². The molecular weight excluding hydrogens is 335 g/mol. The van der Waals surface area contributed by atoms with E-state index in [0.29, 0.717) is 37.5 Å². The Kier molecular flexibility index (Phi) is 5.35. The van der Waals surface area contributed by atoms with Crippen LogP contribution in [0.25, 0.3) is 11.3 Å². The number of nitrogens with zero attached hydrogens (tertiary/aromatic N) is 4. The molecule has 0 unspecified atom stereocenters.